The molecule has 0 radical (unpaired) electrons. The van der Waals surface area contributed by atoms with Crippen LogP contribution in [0.3, 0.4) is 0 Å². The van der Waals surface area contributed by atoms with Crippen molar-refractivity contribution in [3.8, 4) is 0 Å². The van der Waals surface area contributed by atoms with Crippen molar-refractivity contribution in [2.45, 2.75) is 32.1 Å². The molecule has 0 spiro atoms. The summed E-state index contributed by atoms with van der Waals surface area (Å²) in [7, 11) is 0. The van der Waals surface area contributed by atoms with E-state index in [0.717, 1.165) is 24.9 Å². The van der Waals surface area contributed by atoms with Crippen molar-refractivity contribution in [2.24, 2.45) is 0 Å². The lowest BCUT2D eigenvalue weighted by atomic mass is 10.1. The fourth-order valence-electron chi connectivity index (χ4n) is 2.27. The summed E-state index contributed by atoms with van der Waals surface area (Å²) in [6, 6.07) is 7.93. The van der Waals surface area contributed by atoms with Crippen LogP contribution in [0.2, 0.25) is 0 Å². The van der Waals surface area contributed by atoms with Gasteiger partial charge in [0.2, 0.25) is 0 Å². The molecule has 1 fully saturated rings. The summed E-state index contributed by atoms with van der Waals surface area (Å²) in [5.74, 6) is 0. The Morgan fingerprint density at radius 3 is 2.00 bits per heavy atom. The molecular formula is C14H19NO. The average Bonchev–Trinajstić information content (AvgIpc) is 2.29. The van der Waals surface area contributed by atoms with Gasteiger partial charge in [0.05, 0.1) is 0 Å². The summed E-state index contributed by atoms with van der Waals surface area (Å²) in [5, 5.41) is 0. The fourth-order valence-corrected chi connectivity index (χ4v) is 2.27. The van der Waals surface area contributed by atoms with Crippen molar-refractivity contribution in [2.75, 3.05) is 18.0 Å². The Morgan fingerprint density at radius 1 is 0.875 bits per heavy atom. The van der Waals surface area contributed by atoms with E-state index in [4.69, 9.17) is 0 Å². The molecule has 1 aromatic rings. The van der Waals surface area contributed by atoms with Gasteiger partial charge in [-0.1, -0.05) is 19.3 Å². The molecule has 0 aliphatic carbocycles. The highest BCUT2D eigenvalue weighted by atomic mass is 16.1. The van der Waals surface area contributed by atoms with Crippen molar-refractivity contribution < 1.29 is 4.79 Å². The second kappa shape index (κ2) is 5.69. The number of hydrogen-bond acceptors (Lipinski definition) is 2. The molecule has 0 amide bonds. The molecule has 2 rings (SSSR count). The van der Waals surface area contributed by atoms with Gasteiger partial charge in [-0.3, -0.25) is 4.79 Å². The maximum absolute atomic E-state index is 10.6. The van der Waals surface area contributed by atoms with Crippen LogP contribution in [0.15, 0.2) is 24.3 Å². The van der Waals surface area contributed by atoms with Crippen LogP contribution in [0.4, 0.5) is 5.69 Å². The Balaban J connectivity index is 2.05. The van der Waals surface area contributed by atoms with Gasteiger partial charge in [0, 0.05) is 24.3 Å². The third-order valence-electron chi connectivity index (χ3n) is 3.25. The Labute approximate surface area is 97.3 Å². The van der Waals surface area contributed by atoms with Crippen molar-refractivity contribution in [1.82, 2.24) is 0 Å². The second-order valence-corrected chi connectivity index (χ2v) is 4.46. The molecule has 2 heteroatoms. The minimum absolute atomic E-state index is 0.760. The highest BCUT2D eigenvalue weighted by Crippen LogP contribution is 2.19. The van der Waals surface area contributed by atoms with E-state index in [1.165, 1.54) is 37.8 Å². The molecule has 2 nitrogen and oxygen atoms in total. The maximum atomic E-state index is 10.6. The molecule has 1 aliphatic rings. The quantitative estimate of drug-likeness (QED) is 0.709. The Bertz CT molecular complexity index is 323. The normalized spacial score (nSPS) is 17.6. The van der Waals surface area contributed by atoms with Crippen LogP contribution in [-0.4, -0.2) is 19.4 Å². The molecule has 0 bridgehead atoms. The lowest BCUT2D eigenvalue weighted by Gasteiger charge is -2.26. The first-order valence-corrected chi connectivity index (χ1v) is 6.20. The first-order chi connectivity index (χ1) is 7.90. The van der Waals surface area contributed by atoms with E-state index < -0.39 is 0 Å². The lowest BCUT2D eigenvalue weighted by molar-refractivity contribution is 0.112. The Hall–Kier alpha value is -1.31. The molecule has 1 aliphatic heterocycles. The molecule has 0 saturated carbocycles. The predicted octanol–water partition coefficient (Wildman–Crippen LogP) is 3.27. The Kier molecular flexibility index (Phi) is 3.97. The van der Waals surface area contributed by atoms with Gasteiger partial charge in [-0.15, -0.1) is 0 Å². The molecule has 1 heterocycles. The highest BCUT2D eigenvalue weighted by molar-refractivity contribution is 5.75. The van der Waals surface area contributed by atoms with Gasteiger partial charge in [0.1, 0.15) is 6.29 Å². The van der Waals surface area contributed by atoms with Gasteiger partial charge >= 0.3 is 0 Å². The number of aldehydes is 1. The molecule has 16 heavy (non-hydrogen) atoms. The zero-order valence-corrected chi connectivity index (χ0v) is 9.69. The maximum Gasteiger partial charge on any atom is 0.150 e. The summed E-state index contributed by atoms with van der Waals surface area (Å²) < 4.78 is 0. The summed E-state index contributed by atoms with van der Waals surface area (Å²) in [6.45, 7) is 2.31. The Morgan fingerprint density at radius 2 is 1.44 bits per heavy atom. The van der Waals surface area contributed by atoms with Crippen molar-refractivity contribution in [3.05, 3.63) is 29.8 Å². The minimum Gasteiger partial charge on any atom is -0.372 e. The number of carbonyl (C=O) groups is 1. The van der Waals surface area contributed by atoms with E-state index >= 15 is 0 Å². The summed E-state index contributed by atoms with van der Waals surface area (Å²) in [5.41, 5.74) is 2.02. The SMILES string of the molecule is O=Cc1ccc(N2CCCCCCC2)cc1. The average molecular weight is 217 g/mol. The van der Waals surface area contributed by atoms with Gasteiger partial charge in [-0.2, -0.15) is 0 Å². The summed E-state index contributed by atoms with van der Waals surface area (Å²) in [6.07, 6.45) is 7.56. The van der Waals surface area contributed by atoms with Crippen LogP contribution in [-0.2, 0) is 0 Å². The first-order valence-electron chi connectivity index (χ1n) is 6.20. The zero-order valence-electron chi connectivity index (χ0n) is 9.69. The van der Waals surface area contributed by atoms with E-state index in [2.05, 4.69) is 17.0 Å². The third kappa shape index (κ3) is 2.84. The van der Waals surface area contributed by atoms with Gasteiger partial charge in [-0.25, -0.2) is 0 Å². The number of benzene rings is 1. The smallest absolute Gasteiger partial charge is 0.150 e. The lowest BCUT2D eigenvalue weighted by Crippen LogP contribution is -2.26. The van der Waals surface area contributed by atoms with E-state index in [9.17, 15) is 4.79 Å². The van der Waals surface area contributed by atoms with Gasteiger partial charge in [0.25, 0.3) is 0 Å². The van der Waals surface area contributed by atoms with Gasteiger partial charge < -0.3 is 4.90 Å². The van der Waals surface area contributed by atoms with Gasteiger partial charge in [-0.05, 0) is 37.1 Å². The summed E-state index contributed by atoms with van der Waals surface area (Å²) in [4.78, 5) is 13.0. The highest BCUT2D eigenvalue weighted by Gasteiger charge is 2.08. The topological polar surface area (TPSA) is 20.3 Å². The number of carbonyl (C=O) groups excluding carboxylic acids is 1. The third-order valence-corrected chi connectivity index (χ3v) is 3.25. The minimum atomic E-state index is 0.760. The van der Waals surface area contributed by atoms with Crippen LogP contribution in [0, 0.1) is 0 Å². The van der Waals surface area contributed by atoms with Gasteiger partial charge in [0.15, 0.2) is 0 Å². The van der Waals surface area contributed by atoms with Crippen molar-refractivity contribution in [1.29, 1.82) is 0 Å². The molecule has 0 N–H and O–H groups in total. The van der Waals surface area contributed by atoms with Crippen LogP contribution in [0.25, 0.3) is 0 Å². The fraction of sp³-hybridized carbons (Fsp3) is 0.500. The van der Waals surface area contributed by atoms with Crippen LogP contribution < -0.4 is 4.90 Å². The molecule has 0 unspecified atom stereocenters. The van der Waals surface area contributed by atoms with E-state index in [1.807, 2.05) is 12.1 Å². The second-order valence-electron chi connectivity index (χ2n) is 4.46. The molecule has 86 valence electrons. The molecule has 0 aromatic heterocycles. The number of rotatable bonds is 2. The number of nitrogens with zero attached hydrogens (tertiary/aromatic N) is 1. The number of anilines is 1. The predicted molar refractivity (Wildman–Crippen MR) is 67.1 cm³/mol. The standard InChI is InChI=1S/C14H19NO/c16-12-13-6-8-14(9-7-13)15-10-4-2-1-3-5-11-15/h6-9,12H,1-5,10-11H2. The van der Waals surface area contributed by atoms with E-state index in [0.29, 0.717) is 0 Å². The molecule has 0 atom stereocenters. The monoisotopic (exact) mass is 217 g/mol. The first kappa shape index (κ1) is 11.2. The van der Waals surface area contributed by atoms with Crippen LogP contribution in [0.5, 0.6) is 0 Å². The van der Waals surface area contributed by atoms with Crippen molar-refractivity contribution >= 4 is 12.0 Å². The molecular weight excluding hydrogens is 198 g/mol. The number of hydrogen-bond donors (Lipinski definition) is 0. The van der Waals surface area contributed by atoms with Crippen molar-refractivity contribution in [3.63, 3.8) is 0 Å². The molecule has 1 aromatic carbocycles. The molecule has 1 saturated heterocycles. The zero-order chi connectivity index (χ0) is 11.2. The largest absolute Gasteiger partial charge is 0.372 e. The van der Waals surface area contributed by atoms with Crippen LogP contribution in [0.1, 0.15) is 42.5 Å². The van der Waals surface area contributed by atoms with E-state index in [1.54, 1.807) is 0 Å². The van der Waals surface area contributed by atoms with E-state index in [-0.39, 0.29) is 0 Å². The summed E-state index contributed by atoms with van der Waals surface area (Å²) >= 11 is 0. The van der Waals surface area contributed by atoms with Crippen LogP contribution >= 0.6 is 0 Å².